The highest BCUT2D eigenvalue weighted by Crippen LogP contribution is 2.32. The van der Waals surface area contributed by atoms with Gasteiger partial charge in [0.15, 0.2) is 0 Å². The predicted octanol–water partition coefficient (Wildman–Crippen LogP) is 4.08. The van der Waals surface area contributed by atoms with Crippen molar-refractivity contribution in [2.24, 2.45) is 0 Å². The molecule has 1 aliphatic rings. The molecule has 0 aromatic heterocycles. The average molecular weight is 288 g/mol. The van der Waals surface area contributed by atoms with Crippen LogP contribution in [0.2, 0.25) is 5.02 Å². The Balaban J connectivity index is 2.36. The van der Waals surface area contributed by atoms with Crippen LogP contribution >= 0.6 is 23.2 Å². The van der Waals surface area contributed by atoms with Gasteiger partial charge in [-0.15, -0.1) is 11.6 Å². The zero-order chi connectivity index (χ0) is 13.1. The second-order valence-electron chi connectivity index (χ2n) is 4.73. The van der Waals surface area contributed by atoms with E-state index in [1.807, 2.05) is 12.1 Å². The van der Waals surface area contributed by atoms with Crippen molar-refractivity contribution in [3.8, 4) is 0 Å². The van der Waals surface area contributed by atoms with Crippen molar-refractivity contribution in [3.63, 3.8) is 0 Å². The third kappa shape index (κ3) is 2.76. The zero-order valence-electron chi connectivity index (χ0n) is 10.8. The van der Waals surface area contributed by atoms with Crippen LogP contribution in [-0.4, -0.2) is 25.3 Å². The fraction of sp³-hybridized carbons (Fsp3) is 0.571. The first kappa shape index (κ1) is 14.0. The van der Waals surface area contributed by atoms with Gasteiger partial charge in [-0.05, 0) is 25.5 Å². The molecule has 1 saturated heterocycles. The molecule has 2 atom stereocenters. The molecule has 0 bridgehead atoms. The van der Waals surface area contributed by atoms with Crippen molar-refractivity contribution in [2.45, 2.75) is 38.3 Å². The number of ether oxygens (including phenoxy) is 1. The number of anilines is 1. The summed E-state index contributed by atoms with van der Waals surface area (Å²) in [7, 11) is 0. The molecule has 0 amide bonds. The van der Waals surface area contributed by atoms with Gasteiger partial charge in [0.1, 0.15) is 0 Å². The summed E-state index contributed by atoms with van der Waals surface area (Å²) >= 11 is 12.3. The topological polar surface area (TPSA) is 12.5 Å². The van der Waals surface area contributed by atoms with E-state index in [1.54, 1.807) is 0 Å². The number of rotatable bonds is 3. The molecule has 0 spiro atoms. The molecule has 2 unspecified atom stereocenters. The smallest absolute Gasteiger partial charge is 0.0723 e. The maximum absolute atomic E-state index is 6.23. The van der Waals surface area contributed by atoms with Crippen molar-refractivity contribution in [1.29, 1.82) is 0 Å². The van der Waals surface area contributed by atoms with Gasteiger partial charge in [-0.2, -0.15) is 0 Å². The van der Waals surface area contributed by atoms with Gasteiger partial charge in [0.2, 0.25) is 0 Å². The van der Waals surface area contributed by atoms with E-state index in [9.17, 15) is 0 Å². The molecule has 2 rings (SSSR count). The monoisotopic (exact) mass is 287 g/mol. The van der Waals surface area contributed by atoms with Crippen molar-refractivity contribution >= 4 is 28.9 Å². The first-order valence-electron chi connectivity index (χ1n) is 6.39. The van der Waals surface area contributed by atoms with Crippen LogP contribution in [-0.2, 0) is 10.6 Å². The SMILES string of the molecule is CCC1COC(C)CN1c1cccc(Cl)c1CCl. The van der Waals surface area contributed by atoms with Crippen LogP contribution in [0.4, 0.5) is 5.69 Å². The van der Waals surface area contributed by atoms with Crippen LogP contribution in [0.15, 0.2) is 18.2 Å². The lowest BCUT2D eigenvalue weighted by atomic mass is 10.1. The van der Waals surface area contributed by atoms with E-state index in [4.69, 9.17) is 27.9 Å². The average Bonchev–Trinajstić information content (AvgIpc) is 2.38. The van der Waals surface area contributed by atoms with Gasteiger partial charge >= 0.3 is 0 Å². The second kappa shape index (κ2) is 6.14. The number of morpholine rings is 1. The van der Waals surface area contributed by atoms with E-state index in [-0.39, 0.29) is 6.10 Å². The molecular weight excluding hydrogens is 269 g/mol. The van der Waals surface area contributed by atoms with Crippen molar-refractivity contribution in [2.75, 3.05) is 18.1 Å². The van der Waals surface area contributed by atoms with Crippen molar-refractivity contribution < 1.29 is 4.74 Å². The summed E-state index contributed by atoms with van der Waals surface area (Å²) in [6, 6.07) is 6.39. The number of nitrogens with zero attached hydrogens (tertiary/aromatic N) is 1. The van der Waals surface area contributed by atoms with Crippen LogP contribution < -0.4 is 4.90 Å². The minimum absolute atomic E-state index is 0.245. The van der Waals surface area contributed by atoms with E-state index < -0.39 is 0 Å². The van der Waals surface area contributed by atoms with E-state index >= 15 is 0 Å². The Morgan fingerprint density at radius 3 is 2.89 bits per heavy atom. The summed E-state index contributed by atoms with van der Waals surface area (Å²) in [5.41, 5.74) is 2.17. The van der Waals surface area contributed by atoms with Crippen LogP contribution in [0.3, 0.4) is 0 Å². The molecule has 1 aliphatic heterocycles. The minimum Gasteiger partial charge on any atom is -0.375 e. The lowest BCUT2D eigenvalue weighted by molar-refractivity contribution is 0.0299. The van der Waals surface area contributed by atoms with E-state index in [0.717, 1.165) is 35.8 Å². The standard InChI is InChI=1S/C14H19Cl2NO/c1-3-11-9-18-10(2)8-17(11)14-6-4-5-13(16)12(14)7-15/h4-6,10-11H,3,7-9H2,1-2H3. The lowest BCUT2D eigenvalue weighted by Gasteiger charge is -2.41. The number of alkyl halides is 1. The largest absolute Gasteiger partial charge is 0.375 e. The highest BCUT2D eigenvalue weighted by Gasteiger charge is 2.27. The number of hydrogen-bond acceptors (Lipinski definition) is 2. The molecule has 1 heterocycles. The minimum atomic E-state index is 0.245. The van der Waals surface area contributed by atoms with Gasteiger partial charge in [-0.3, -0.25) is 0 Å². The van der Waals surface area contributed by atoms with Gasteiger partial charge in [-0.25, -0.2) is 0 Å². The van der Waals surface area contributed by atoms with E-state index in [1.165, 1.54) is 0 Å². The fourth-order valence-corrected chi connectivity index (χ4v) is 3.01. The second-order valence-corrected chi connectivity index (χ2v) is 5.40. The molecule has 1 aromatic rings. The van der Waals surface area contributed by atoms with Gasteiger partial charge in [0.25, 0.3) is 0 Å². The molecule has 2 nitrogen and oxygen atoms in total. The quantitative estimate of drug-likeness (QED) is 0.777. The maximum Gasteiger partial charge on any atom is 0.0723 e. The highest BCUT2D eigenvalue weighted by atomic mass is 35.5. The van der Waals surface area contributed by atoms with Crippen LogP contribution in [0, 0.1) is 0 Å². The molecular formula is C14H19Cl2NO. The first-order valence-corrected chi connectivity index (χ1v) is 7.30. The number of halogens is 2. The fourth-order valence-electron chi connectivity index (χ4n) is 2.43. The molecule has 4 heteroatoms. The molecule has 0 aliphatic carbocycles. The highest BCUT2D eigenvalue weighted by molar-refractivity contribution is 6.32. The normalized spacial score (nSPS) is 24.3. The molecule has 1 aromatic carbocycles. The Hall–Kier alpha value is -0.440. The van der Waals surface area contributed by atoms with E-state index in [0.29, 0.717) is 11.9 Å². The lowest BCUT2D eigenvalue weighted by Crippen LogP contribution is -2.49. The molecule has 0 radical (unpaired) electrons. The van der Waals surface area contributed by atoms with Gasteiger partial charge < -0.3 is 9.64 Å². The summed E-state index contributed by atoms with van der Waals surface area (Å²) in [5.74, 6) is 0.442. The Morgan fingerprint density at radius 1 is 1.44 bits per heavy atom. The molecule has 0 saturated carbocycles. The predicted molar refractivity (Wildman–Crippen MR) is 77.8 cm³/mol. The van der Waals surface area contributed by atoms with Gasteiger partial charge in [0, 0.05) is 22.8 Å². The Kier molecular flexibility index (Phi) is 4.77. The Bertz CT molecular complexity index is 411. The summed E-state index contributed by atoms with van der Waals surface area (Å²) < 4.78 is 5.73. The third-order valence-electron chi connectivity index (χ3n) is 3.48. The summed E-state index contributed by atoms with van der Waals surface area (Å²) in [6.07, 6.45) is 1.30. The summed E-state index contributed by atoms with van der Waals surface area (Å²) in [4.78, 5) is 2.39. The van der Waals surface area contributed by atoms with Crippen LogP contribution in [0.25, 0.3) is 0 Å². The molecule has 1 fully saturated rings. The number of hydrogen-bond donors (Lipinski definition) is 0. The van der Waals surface area contributed by atoms with Crippen LogP contribution in [0.1, 0.15) is 25.8 Å². The van der Waals surface area contributed by atoms with Crippen molar-refractivity contribution in [1.82, 2.24) is 0 Å². The van der Waals surface area contributed by atoms with E-state index in [2.05, 4.69) is 24.8 Å². The Labute approximate surface area is 119 Å². The van der Waals surface area contributed by atoms with Gasteiger partial charge in [-0.1, -0.05) is 24.6 Å². The molecule has 100 valence electrons. The molecule has 18 heavy (non-hydrogen) atoms. The third-order valence-corrected chi connectivity index (χ3v) is 4.10. The van der Waals surface area contributed by atoms with Gasteiger partial charge in [0.05, 0.1) is 24.6 Å². The first-order chi connectivity index (χ1) is 8.67. The maximum atomic E-state index is 6.23. The zero-order valence-corrected chi connectivity index (χ0v) is 12.3. The Morgan fingerprint density at radius 2 is 2.22 bits per heavy atom. The van der Waals surface area contributed by atoms with Crippen LogP contribution in [0.5, 0.6) is 0 Å². The number of benzene rings is 1. The summed E-state index contributed by atoms with van der Waals surface area (Å²) in [5, 5.41) is 0.747. The molecule has 0 N–H and O–H groups in total. The summed E-state index contributed by atoms with van der Waals surface area (Å²) in [6.45, 7) is 5.94. The van der Waals surface area contributed by atoms with Crippen molar-refractivity contribution in [3.05, 3.63) is 28.8 Å².